The largest absolute Gasteiger partial charge is 0.325 e. The Balaban J connectivity index is 1.70. The average molecular weight is 531 g/mol. The number of thioether (sulfide) groups is 1. The predicted molar refractivity (Wildman–Crippen MR) is 138 cm³/mol. The summed E-state index contributed by atoms with van der Waals surface area (Å²) < 4.78 is 27.5. The van der Waals surface area contributed by atoms with Gasteiger partial charge >= 0.3 is 0 Å². The fourth-order valence-corrected chi connectivity index (χ4v) is 5.93. The quantitative estimate of drug-likeness (QED) is 0.362. The average Bonchev–Trinajstić information content (AvgIpc) is 3.21. The summed E-state index contributed by atoms with van der Waals surface area (Å²) in [7, 11) is -3.83. The summed E-state index contributed by atoms with van der Waals surface area (Å²) in [5.74, 6) is 0.165. The molecule has 0 bridgehead atoms. The minimum Gasteiger partial charge on any atom is -0.325 e. The van der Waals surface area contributed by atoms with Gasteiger partial charge in [-0.1, -0.05) is 43.9 Å². The zero-order valence-electron chi connectivity index (χ0n) is 19.8. The van der Waals surface area contributed by atoms with Gasteiger partial charge in [-0.2, -0.15) is 5.26 Å². The molecule has 0 aliphatic carbocycles. The van der Waals surface area contributed by atoms with Crippen LogP contribution in [0.3, 0.4) is 0 Å². The van der Waals surface area contributed by atoms with Gasteiger partial charge < -0.3 is 5.32 Å². The van der Waals surface area contributed by atoms with Gasteiger partial charge in [-0.05, 0) is 62.1 Å². The number of sulfonamides is 1. The third-order valence-electron chi connectivity index (χ3n) is 4.75. The highest BCUT2D eigenvalue weighted by molar-refractivity contribution is 8.00. The summed E-state index contributed by atoms with van der Waals surface area (Å²) >= 11 is 2.39. The van der Waals surface area contributed by atoms with Crippen molar-refractivity contribution in [1.29, 1.82) is 5.26 Å². The lowest BCUT2D eigenvalue weighted by Crippen LogP contribution is -2.25. The second-order valence-electron chi connectivity index (χ2n) is 8.13. The first-order chi connectivity index (χ1) is 16.6. The molecule has 3 rings (SSSR count). The Kier molecular flexibility index (Phi) is 8.82. The van der Waals surface area contributed by atoms with E-state index in [1.807, 2.05) is 13.0 Å². The molecule has 0 aliphatic heterocycles. The van der Waals surface area contributed by atoms with Crippen LogP contribution in [0.1, 0.15) is 43.5 Å². The van der Waals surface area contributed by atoms with Crippen molar-refractivity contribution in [2.75, 3.05) is 10.0 Å². The molecule has 12 heteroatoms. The van der Waals surface area contributed by atoms with E-state index in [0.29, 0.717) is 33.6 Å². The number of benzene rings is 1. The van der Waals surface area contributed by atoms with Crippen molar-refractivity contribution in [3.8, 4) is 6.07 Å². The van der Waals surface area contributed by atoms with Crippen LogP contribution in [-0.2, 0) is 21.2 Å². The highest BCUT2D eigenvalue weighted by Gasteiger charge is 2.22. The van der Waals surface area contributed by atoms with E-state index in [1.165, 1.54) is 36.0 Å². The van der Waals surface area contributed by atoms with E-state index in [0.717, 1.165) is 23.5 Å². The van der Waals surface area contributed by atoms with Gasteiger partial charge in [-0.15, -0.1) is 10.2 Å². The van der Waals surface area contributed by atoms with Gasteiger partial charge in [0.15, 0.2) is 0 Å². The number of aromatic nitrogens is 3. The van der Waals surface area contributed by atoms with Crippen LogP contribution < -0.4 is 10.0 Å². The molecule has 0 saturated carbocycles. The van der Waals surface area contributed by atoms with E-state index >= 15 is 0 Å². The molecule has 0 fully saturated rings. The van der Waals surface area contributed by atoms with Crippen LogP contribution in [0.15, 0.2) is 46.3 Å². The normalized spacial score (nSPS) is 12.2. The number of aryl methyl sites for hydroxylation is 1. The van der Waals surface area contributed by atoms with Crippen LogP contribution in [0.5, 0.6) is 0 Å². The number of rotatable bonds is 10. The Labute approximate surface area is 213 Å². The lowest BCUT2D eigenvalue weighted by Gasteiger charge is -2.16. The van der Waals surface area contributed by atoms with Gasteiger partial charge in [0, 0.05) is 11.4 Å². The number of nitrogens with zero attached hydrogens (tertiary/aromatic N) is 4. The molecule has 1 atom stereocenters. The number of nitrogens with one attached hydrogen (secondary N) is 2. The molecule has 2 N–H and O–H groups in total. The second-order valence-corrected chi connectivity index (χ2v) is 12.2. The first-order valence-corrected chi connectivity index (χ1v) is 14.1. The molecule has 1 aromatic carbocycles. The van der Waals surface area contributed by atoms with Gasteiger partial charge in [0.1, 0.15) is 16.1 Å². The van der Waals surface area contributed by atoms with E-state index in [2.05, 4.69) is 45.1 Å². The number of carbonyl (C=O) groups excluding carboxylic acids is 1. The van der Waals surface area contributed by atoms with Crippen LogP contribution in [0, 0.1) is 24.2 Å². The predicted octanol–water partition coefficient (Wildman–Crippen LogP) is 4.62. The van der Waals surface area contributed by atoms with Crippen LogP contribution >= 0.6 is 23.1 Å². The first-order valence-electron chi connectivity index (χ1n) is 10.9. The number of hydrogen-bond acceptors (Lipinski definition) is 9. The van der Waals surface area contributed by atoms with Gasteiger partial charge in [0.2, 0.25) is 11.0 Å². The number of hydrogen-bond donors (Lipinski definition) is 2. The Morgan fingerprint density at radius 2 is 1.89 bits per heavy atom. The molecule has 0 radical (unpaired) electrons. The van der Waals surface area contributed by atoms with E-state index in [1.54, 1.807) is 13.0 Å². The lowest BCUT2D eigenvalue weighted by atomic mass is 10.1. The zero-order valence-corrected chi connectivity index (χ0v) is 22.2. The molecule has 0 aliphatic rings. The summed E-state index contributed by atoms with van der Waals surface area (Å²) in [6.45, 7) is 7.81. The number of nitriles is 1. The molecule has 2 aromatic heterocycles. The van der Waals surface area contributed by atoms with Gasteiger partial charge in [-0.3, -0.25) is 9.52 Å². The van der Waals surface area contributed by atoms with Crippen LogP contribution in [0.2, 0.25) is 0 Å². The van der Waals surface area contributed by atoms with E-state index in [4.69, 9.17) is 0 Å². The second kappa shape index (κ2) is 11.6. The zero-order chi connectivity index (χ0) is 25.6. The fourth-order valence-electron chi connectivity index (χ4n) is 3.09. The maximum Gasteiger partial charge on any atom is 0.263 e. The maximum atomic E-state index is 12.9. The van der Waals surface area contributed by atoms with Gasteiger partial charge in [0.25, 0.3) is 10.0 Å². The maximum absolute atomic E-state index is 12.9. The molecule has 35 heavy (non-hydrogen) atoms. The summed E-state index contributed by atoms with van der Waals surface area (Å²) in [6.07, 6.45) is 1.31. The Morgan fingerprint density at radius 1 is 1.17 bits per heavy atom. The van der Waals surface area contributed by atoms with Crippen molar-refractivity contribution in [2.45, 2.75) is 55.7 Å². The van der Waals surface area contributed by atoms with Crippen molar-refractivity contribution in [3.63, 3.8) is 0 Å². The fraction of sp³-hybridized carbons (Fsp3) is 0.348. The van der Waals surface area contributed by atoms with Crippen molar-refractivity contribution < 1.29 is 13.2 Å². The Morgan fingerprint density at radius 3 is 2.46 bits per heavy atom. The van der Waals surface area contributed by atoms with Crippen LogP contribution in [0.4, 0.5) is 10.8 Å². The summed E-state index contributed by atoms with van der Waals surface area (Å²) in [5, 5.41) is 20.7. The molecule has 1 amide bonds. The molecule has 3 aromatic rings. The molecular weight excluding hydrogens is 504 g/mol. The molecule has 9 nitrogen and oxygen atoms in total. The summed E-state index contributed by atoms with van der Waals surface area (Å²) in [6, 6.07) is 11.6. The molecule has 0 spiro atoms. The van der Waals surface area contributed by atoms with Gasteiger partial charge in [0.05, 0.1) is 15.7 Å². The van der Waals surface area contributed by atoms with Gasteiger partial charge in [-0.25, -0.2) is 13.4 Å². The summed E-state index contributed by atoms with van der Waals surface area (Å²) in [4.78, 5) is 17.6. The molecule has 0 saturated heterocycles. The summed E-state index contributed by atoms with van der Waals surface area (Å²) in [5.41, 5.74) is 1.77. The third-order valence-corrected chi connectivity index (χ3v) is 8.36. The van der Waals surface area contributed by atoms with Crippen molar-refractivity contribution in [1.82, 2.24) is 15.2 Å². The number of amides is 1. The van der Waals surface area contributed by atoms with Crippen molar-refractivity contribution in [3.05, 3.63) is 52.7 Å². The smallest absolute Gasteiger partial charge is 0.263 e. The minimum atomic E-state index is -3.83. The topological polar surface area (TPSA) is 138 Å². The molecule has 2 heterocycles. The number of carbonyl (C=O) groups is 1. The van der Waals surface area contributed by atoms with Crippen molar-refractivity contribution in [2.24, 2.45) is 5.92 Å². The Bertz CT molecular complexity index is 1330. The third kappa shape index (κ3) is 7.24. The first kappa shape index (κ1) is 26.6. The van der Waals surface area contributed by atoms with E-state index < -0.39 is 15.3 Å². The number of pyridine rings is 1. The lowest BCUT2D eigenvalue weighted by molar-refractivity contribution is -0.115. The van der Waals surface area contributed by atoms with Crippen LogP contribution in [-0.4, -0.2) is 34.8 Å². The standard InChI is InChI=1S/C23H26N6O3S3/c1-5-20(34-22-16(13-24)6-7-18(26-22)12-14(2)3)21(30)25-17-8-10-19(11-9-17)35(31,32)29-23-28-27-15(4)33-23/h6-11,14,20H,5,12H2,1-4H3,(H,25,30)(H,28,29). The van der Waals surface area contributed by atoms with E-state index in [-0.39, 0.29) is 15.9 Å². The SMILES string of the molecule is CCC(Sc1nc(CC(C)C)ccc1C#N)C(=O)Nc1ccc(S(=O)(=O)Nc2nnc(C)s2)cc1. The molecular formula is C23H26N6O3S3. The van der Waals surface area contributed by atoms with Crippen molar-refractivity contribution >= 4 is 49.8 Å². The number of anilines is 2. The molecule has 1 unspecified atom stereocenters. The minimum absolute atomic E-state index is 0.0367. The van der Waals surface area contributed by atoms with Crippen LogP contribution in [0.25, 0.3) is 0 Å². The highest BCUT2D eigenvalue weighted by atomic mass is 32.2. The highest BCUT2D eigenvalue weighted by Crippen LogP contribution is 2.29. The van der Waals surface area contributed by atoms with E-state index in [9.17, 15) is 18.5 Å². The Hall–Kier alpha value is -3.01. The molecule has 184 valence electrons. The monoisotopic (exact) mass is 530 g/mol.